The number of amides is 1. The van der Waals surface area contributed by atoms with Crippen LogP contribution >= 0.6 is 0 Å². The van der Waals surface area contributed by atoms with E-state index in [4.69, 9.17) is 4.55 Å². The Morgan fingerprint density at radius 2 is 1.88 bits per heavy atom. The Hall–Kier alpha value is -0.820. The molecule has 0 bridgehead atoms. The summed E-state index contributed by atoms with van der Waals surface area (Å²) in [6.45, 7) is 0. The average molecular weight is 140 g/mol. The van der Waals surface area contributed by atoms with E-state index >= 15 is 0 Å². The van der Waals surface area contributed by atoms with Gasteiger partial charge >= 0.3 is 16.4 Å². The monoisotopic (exact) mass is 140 g/mol. The Labute approximate surface area is 45.0 Å². The van der Waals surface area contributed by atoms with Gasteiger partial charge in [0.15, 0.2) is 0 Å². The van der Waals surface area contributed by atoms with Gasteiger partial charge in [-0.15, -0.1) is 0 Å². The second-order valence-corrected chi connectivity index (χ2v) is 2.02. The first-order valence-corrected chi connectivity index (χ1v) is 2.82. The normalized spacial score (nSPS) is 10.6. The maximum atomic E-state index is 9.47. The van der Waals surface area contributed by atoms with Crippen LogP contribution in [0.5, 0.6) is 0 Å². The van der Waals surface area contributed by atoms with Crippen molar-refractivity contribution < 1.29 is 22.9 Å². The maximum absolute atomic E-state index is 9.47. The fourth-order valence-electron chi connectivity index (χ4n) is 0.105. The predicted octanol–water partition coefficient (Wildman–Crippen LogP) is -1.07. The quantitative estimate of drug-likeness (QED) is 0.452. The summed E-state index contributed by atoms with van der Waals surface area (Å²) in [4.78, 5) is 9.25. The summed E-state index contributed by atoms with van der Waals surface area (Å²) >= 11 is 0. The summed E-state index contributed by atoms with van der Waals surface area (Å²) < 4.78 is 27.3. The summed E-state index contributed by atoms with van der Waals surface area (Å²) in [5.41, 5.74) is 0. The Bertz CT molecular complexity index is 179. The van der Waals surface area contributed by atoms with E-state index in [2.05, 4.69) is 0 Å². The Morgan fingerprint density at radius 3 is 1.88 bits per heavy atom. The number of hydrogen-bond donors (Lipinski definition) is 2. The molecule has 0 atom stereocenters. The van der Waals surface area contributed by atoms with E-state index in [1.807, 2.05) is 0 Å². The molecule has 7 heteroatoms. The van der Waals surface area contributed by atoms with Crippen molar-refractivity contribution in [3.05, 3.63) is 0 Å². The second-order valence-electron chi connectivity index (χ2n) is 0.865. The summed E-state index contributed by atoms with van der Waals surface area (Å²) in [7, 11) is -4.64. The van der Waals surface area contributed by atoms with Gasteiger partial charge in [0, 0.05) is 0 Å². The van der Waals surface area contributed by atoms with Crippen LogP contribution in [-0.2, 0) is 15.4 Å². The van der Waals surface area contributed by atoms with Gasteiger partial charge in [0.1, 0.15) is 0 Å². The Kier molecular flexibility index (Phi) is 1.77. The first kappa shape index (κ1) is 7.18. The molecule has 0 fully saturated rings. The highest BCUT2D eigenvalue weighted by atomic mass is 32.2. The Morgan fingerprint density at radius 1 is 1.50 bits per heavy atom. The number of nitrogens with one attached hydrogen (secondary N) is 1. The average Bonchev–Trinajstić information content (AvgIpc) is 1.21. The van der Waals surface area contributed by atoms with E-state index in [0.717, 1.165) is 0 Å². The van der Waals surface area contributed by atoms with Gasteiger partial charge in [-0.25, -0.2) is 9.90 Å². The minimum absolute atomic E-state index is 0.715. The molecule has 0 unspecified atom stereocenters. The van der Waals surface area contributed by atoms with Gasteiger partial charge in [-0.1, -0.05) is 0 Å². The highest BCUT2D eigenvalue weighted by Crippen LogP contribution is 1.70. The molecular weight excluding hydrogens is 138 g/mol. The lowest BCUT2D eigenvalue weighted by Crippen LogP contribution is -2.26. The van der Waals surface area contributed by atoms with Gasteiger partial charge in [-0.05, 0) is 0 Å². The van der Waals surface area contributed by atoms with Crippen molar-refractivity contribution >= 4 is 16.4 Å². The fraction of sp³-hybridized carbons (Fsp3) is 0. The van der Waals surface area contributed by atoms with Crippen molar-refractivity contribution in [2.24, 2.45) is 0 Å². The van der Waals surface area contributed by atoms with Crippen molar-refractivity contribution in [3.63, 3.8) is 0 Å². The minimum atomic E-state index is -4.64. The molecule has 0 aliphatic heterocycles. The topological polar surface area (TPSA) is 103 Å². The first-order valence-electron chi connectivity index (χ1n) is 1.38. The minimum Gasteiger partial charge on any atom is -0.269 e. The van der Waals surface area contributed by atoms with Crippen molar-refractivity contribution in [2.75, 3.05) is 0 Å². The van der Waals surface area contributed by atoms with Crippen LogP contribution in [-0.4, -0.2) is 19.1 Å². The zero-order valence-corrected chi connectivity index (χ0v) is 4.30. The molecule has 0 aromatic rings. The summed E-state index contributed by atoms with van der Waals surface area (Å²) in [5, 5.41) is 9.25. The first-order chi connectivity index (χ1) is 3.42. The molecule has 0 rings (SSSR count). The smallest absolute Gasteiger partial charge is 0.269 e. The van der Waals surface area contributed by atoms with E-state index in [0.29, 0.717) is 4.72 Å². The zero-order valence-electron chi connectivity index (χ0n) is 3.49. The molecule has 1 amide bonds. The molecule has 2 N–H and O–H groups in total. The standard InChI is InChI=1S/CH2NO5S/c3-1(4)2-8(5,6)7/h2H,(H,5,6,7). The maximum Gasteiger partial charge on any atom is 0.465 e. The molecule has 6 nitrogen and oxygen atoms in total. The van der Waals surface area contributed by atoms with E-state index < -0.39 is 16.4 Å². The molecule has 0 aromatic heterocycles. The largest absolute Gasteiger partial charge is 0.465 e. The molecular formula is CH2NO5S. The number of hydrogen-bond acceptors (Lipinski definition) is 3. The van der Waals surface area contributed by atoms with Crippen molar-refractivity contribution in [3.8, 4) is 0 Å². The van der Waals surface area contributed by atoms with Gasteiger partial charge in [-0.2, -0.15) is 13.1 Å². The second kappa shape index (κ2) is 1.97. The SMILES string of the molecule is [O]C(=O)NS(=O)(=O)O. The van der Waals surface area contributed by atoms with Crippen LogP contribution < -0.4 is 4.72 Å². The molecule has 1 radical (unpaired) electrons. The molecule has 0 heterocycles. The van der Waals surface area contributed by atoms with Gasteiger partial charge in [0.25, 0.3) is 0 Å². The van der Waals surface area contributed by atoms with Crippen molar-refractivity contribution in [1.29, 1.82) is 0 Å². The van der Waals surface area contributed by atoms with Crippen molar-refractivity contribution in [2.45, 2.75) is 0 Å². The summed E-state index contributed by atoms with van der Waals surface area (Å²) in [5.74, 6) is 0. The lowest BCUT2D eigenvalue weighted by atomic mass is 11.3. The molecule has 0 saturated carbocycles. The number of rotatable bonds is 1. The van der Waals surface area contributed by atoms with Crippen LogP contribution in [0.15, 0.2) is 0 Å². The third-order valence-electron chi connectivity index (χ3n) is 0.212. The van der Waals surface area contributed by atoms with Gasteiger partial charge < -0.3 is 0 Å². The molecule has 0 saturated heterocycles. The molecule has 0 aromatic carbocycles. The molecule has 8 heavy (non-hydrogen) atoms. The van der Waals surface area contributed by atoms with Crippen LogP contribution in [0.25, 0.3) is 0 Å². The summed E-state index contributed by atoms with van der Waals surface area (Å²) in [6.07, 6.45) is -2.06. The fourth-order valence-corrected chi connectivity index (χ4v) is 0.316. The third kappa shape index (κ3) is 5.18. The van der Waals surface area contributed by atoms with E-state index in [9.17, 15) is 18.3 Å². The number of carbonyl (C=O) groups excluding carboxylic acids is 1. The molecule has 0 aliphatic rings. The van der Waals surface area contributed by atoms with Gasteiger partial charge in [0.2, 0.25) is 0 Å². The summed E-state index contributed by atoms with van der Waals surface area (Å²) in [6, 6.07) is 0. The lowest BCUT2D eigenvalue weighted by Gasteiger charge is -1.87. The van der Waals surface area contributed by atoms with Crippen LogP contribution in [0.4, 0.5) is 4.79 Å². The lowest BCUT2D eigenvalue weighted by molar-refractivity contribution is 0.174. The molecule has 0 aliphatic carbocycles. The molecule has 0 spiro atoms. The van der Waals surface area contributed by atoms with E-state index in [1.54, 1.807) is 0 Å². The zero-order chi connectivity index (χ0) is 6.78. The van der Waals surface area contributed by atoms with E-state index in [1.165, 1.54) is 0 Å². The third-order valence-corrected chi connectivity index (χ3v) is 0.637. The van der Waals surface area contributed by atoms with Crippen molar-refractivity contribution in [1.82, 2.24) is 4.72 Å². The predicted molar refractivity (Wildman–Crippen MR) is 20.8 cm³/mol. The Balaban J connectivity index is 3.95. The van der Waals surface area contributed by atoms with Crippen LogP contribution in [0.2, 0.25) is 0 Å². The van der Waals surface area contributed by atoms with Crippen LogP contribution in [0, 0.1) is 0 Å². The highest BCUT2D eigenvalue weighted by Gasteiger charge is 2.07. The van der Waals surface area contributed by atoms with Gasteiger partial charge in [-0.3, -0.25) is 4.55 Å². The van der Waals surface area contributed by atoms with Crippen LogP contribution in [0.1, 0.15) is 0 Å². The number of carbonyl (C=O) groups is 1. The highest BCUT2D eigenvalue weighted by molar-refractivity contribution is 7.84. The van der Waals surface area contributed by atoms with E-state index in [-0.39, 0.29) is 0 Å². The molecule has 47 valence electrons. The van der Waals surface area contributed by atoms with Gasteiger partial charge in [0.05, 0.1) is 0 Å². The van der Waals surface area contributed by atoms with Crippen LogP contribution in [0.3, 0.4) is 0 Å².